The van der Waals surface area contributed by atoms with Crippen molar-refractivity contribution in [3.05, 3.63) is 45.0 Å². The summed E-state index contributed by atoms with van der Waals surface area (Å²) in [4.78, 5) is 19.1. The van der Waals surface area contributed by atoms with E-state index in [9.17, 15) is 10.1 Å². The molecule has 0 aliphatic rings. The molecule has 2 rings (SSSR count). The van der Waals surface area contributed by atoms with Crippen LogP contribution in [0.25, 0.3) is 11.4 Å². The van der Waals surface area contributed by atoms with Crippen molar-refractivity contribution in [2.45, 2.75) is 13.3 Å². The minimum atomic E-state index is -0.431. The zero-order valence-electron chi connectivity index (χ0n) is 10.8. The molecular weight excluding hydrogens is 324 g/mol. The topological polar surface area (TPSA) is 81.0 Å². The van der Waals surface area contributed by atoms with E-state index in [-0.39, 0.29) is 5.69 Å². The van der Waals surface area contributed by atoms with Gasteiger partial charge in [0.15, 0.2) is 5.82 Å². The van der Waals surface area contributed by atoms with Crippen molar-refractivity contribution < 1.29 is 4.92 Å². The van der Waals surface area contributed by atoms with Crippen LogP contribution < -0.4 is 5.32 Å². The molecule has 2 aromatic rings. The van der Waals surface area contributed by atoms with Gasteiger partial charge in [0.25, 0.3) is 5.69 Å². The number of nitrogens with zero attached hydrogens (tertiary/aromatic N) is 3. The van der Waals surface area contributed by atoms with Gasteiger partial charge in [-0.1, -0.05) is 19.1 Å². The molecule has 20 heavy (non-hydrogen) atoms. The first-order chi connectivity index (χ1) is 9.63. The Labute approximate surface area is 124 Å². The van der Waals surface area contributed by atoms with Crippen LogP contribution in [0.2, 0.25) is 0 Å². The van der Waals surface area contributed by atoms with Gasteiger partial charge in [0.05, 0.1) is 15.0 Å². The number of benzene rings is 1. The number of halogens is 1. The largest absolute Gasteiger partial charge is 0.369 e. The molecule has 0 saturated carbocycles. The second-order valence-corrected chi connectivity index (χ2v) is 4.95. The quantitative estimate of drug-likeness (QED) is 0.665. The van der Waals surface area contributed by atoms with E-state index in [2.05, 4.69) is 31.2 Å². The summed E-state index contributed by atoms with van der Waals surface area (Å²) in [5.74, 6) is 0.967. The van der Waals surface area contributed by atoms with Crippen LogP contribution in [0.4, 0.5) is 11.5 Å². The van der Waals surface area contributed by atoms with Crippen LogP contribution in [0.15, 0.2) is 34.9 Å². The van der Waals surface area contributed by atoms with E-state index in [1.165, 1.54) is 6.07 Å². The molecule has 104 valence electrons. The molecule has 0 spiro atoms. The Morgan fingerprint density at radius 1 is 1.40 bits per heavy atom. The second-order valence-electron chi connectivity index (χ2n) is 4.09. The van der Waals surface area contributed by atoms with E-state index in [4.69, 9.17) is 0 Å². The number of hydrogen-bond donors (Lipinski definition) is 1. The first-order valence-corrected chi connectivity index (χ1v) is 6.93. The fourth-order valence-electron chi connectivity index (χ4n) is 1.69. The Bertz CT molecular complexity index is 634. The smallest absolute Gasteiger partial charge is 0.280 e. The Balaban J connectivity index is 2.45. The summed E-state index contributed by atoms with van der Waals surface area (Å²) in [6.45, 7) is 2.82. The van der Waals surface area contributed by atoms with Crippen LogP contribution >= 0.6 is 15.9 Å². The molecule has 0 amide bonds. The lowest BCUT2D eigenvalue weighted by atomic mass is 10.1. The van der Waals surface area contributed by atoms with Crippen molar-refractivity contribution in [3.8, 4) is 11.4 Å². The second kappa shape index (κ2) is 6.42. The lowest BCUT2D eigenvalue weighted by Crippen LogP contribution is -2.05. The summed E-state index contributed by atoms with van der Waals surface area (Å²) in [5.41, 5.74) is 0.404. The average molecular weight is 337 g/mol. The molecule has 1 aromatic heterocycles. The van der Waals surface area contributed by atoms with Crippen LogP contribution in [-0.4, -0.2) is 21.4 Å². The van der Waals surface area contributed by atoms with Crippen molar-refractivity contribution in [2.75, 3.05) is 11.9 Å². The zero-order valence-corrected chi connectivity index (χ0v) is 12.4. The summed E-state index contributed by atoms with van der Waals surface area (Å²) in [5, 5.41) is 14.2. The molecule has 0 atom stereocenters. The highest BCUT2D eigenvalue weighted by molar-refractivity contribution is 9.10. The number of nitrogens with one attached hydrogen (secondary N) is 1. The molecule has 0 radical (unpaired) electrons. The van der Waals surface area contributed by atoms with Crippen molar-refractivity contribution in [1.29, 1.82) is 0 Å². The van der Waals surface area contributed by atoms with Gasteiger partial charge >= 0.3 is 0 Å². The Morgan fingerprint density at radius 2 is 2.15 bits per heavy atom. The summed E-state index contributed by atoms with van der Waals surface area (Å²) in [7, 11) is 0. The predicted molar refractivity (Wildman–Crippen MR) is 80.6 cm³/mol. The highest BCUT2D eigenvalue weighted by Gasteiger charge is 2.17. The average Bonchev–Trinajstić information content (AvgIpc) is 2.46. The number of aromatic nitrogens is 2. The molecular formula is C13H13BrN4O2. The molecule has 0 unspecified atom stereocenters. The third-order valence-electron chi connectivity index (χ3n) is 2.63. The van der Waals surface area contributed by atoms with Crippen molar-refractivity contribution in [1.82, 2.24) is 9.97 Å². The first kappa shape index (κ1) is 14.4. The van der Waals surface area contributed by atoms with Gasteiger partial charge in [-0.2, -0.15) is 0 Å². The van der Waals surface area contributed by atoms with Gasteiger partial charge in [0.1, 0.15) is 5.82 Å². The van der Waals surface area contributed by atoms with Crippen molar-refractivity contribution >= 4 is 27.4 Å². The maximum atomic E-state index is 11.0. The Morgan fingerprint density at radius 3 is 2.85 bits per heavy atom. The third kappa shape index (κ3) is 3.11. The van der Waals surface area contributed by atoms with E-state index in [1.54, 1.807) is 24.4 Å². The SMILES string of the molecule is CCCNc1nc(-c2ccccc2[N+](=O)[O-])ncc1Br. The molecule has 0 aliphatic heterocycles. The molecule has 7 heteroatoms. The summed E-state index contributed by atoms with van der Waals surface area (Å²) in [6, 6.07) is 6.44. The first-order valence-electron chi connectivity index (χ1n) is 6.13. The number of rotatable bonds is 5. The number of hydrogen-bond acceptors (Lipinski definition) is 5. The van der Waals surface area contributed by atoms with Gasteiger partial charge in [-0.15, -0.1) is 0 Å². The van der Waals surface area contributed by atoms with Gasteiger partial charge < -0.3 is 5.32 Å². The standard InChI is InChI=1S/C13H13BrN4O2/c1-2-7-15-13-10(14)8-16-12(17-13)9-5-3-4-6-11(9)18(19)20/h3-6,8H,2,7H2,1H3,(H,15,16,17). The van der Waals surface area contributed by atoms with E-state index < -0.39 is 4.92 Å². The van der Waals surface area contributed by atoms with Gasteiger partial charge in [0, 0.05) is 18.8 Å². The molecule has 0 bridgehead atoms. The van der Waals surface area contributed by atoms with Gasteiger partial charge in [0.2, 0.25) is 0 Å². The normalized spacial score (nSPS) is 10.3. The minimum absolute atomic E-state index is 0.00346. The summed E-state index contributed by atoms with van der Waals surface area (Å²) in [6.07, 6.45) is 2.55. The molecule has 6 nitrogen and oxygen atoms in total. The van der Waals surface area contributed by atoms with Gasteiger partial charge in [-0.25, -0.2) is 9.97 Å². The molecule has 1 aromatic carbocycles. The Kier molecular flexibility index (Phi) is 4.62. The van der Waals surface area contributed by atoms with E-state index in [1.807, 2.05) is 6.92 Å². The maximum absolute atomic E-state index is 11.0. The van der Waals surface area contributed by atoms with Crippen molar-refractivity contribution in [3.63, 3.8) is 0 Å². The van der Waals surface area contributed by atoms with E-state index in [0.717, 1.165) is 17.4 Å². The third-order valence-corrected chi connectivity index (χ3v) is 3.21. The lowest BCUT2D eigenvalue weighted by molar-refractivity contribution is -0.384. The van der Waals surface area contributed by atoms with Crippen molar-refractivity contribution in [2.24, 2.45) is 0 Å². The molecule has 0 saturated heterocycles. The Hall–Kier alpha value is -2.02. The van der Waals surface area contributed by atoms with Crippen LogP contribution in [-0.2, 0) is 0 Å². The minimum Gasteiger partial charge on any atom is -0.369 e. The maximum Gasteiger partial charge on any atom is 0.280 e. The zero-order chi connectivity index (χ0) is 14.5. The van der Waals surface area contributed by atoms with E-state index >= 15 is 0 Å². The van der Waals surface area contributed by atoms with Crippen LogP contribution in [0.1, 0.15) is 13.3 Å². The summed E-state index contributed by atoms with van der Waals surface area (Å²) >= 11 is 3.36. The summed E-state index contributed by atoms with van der Waals surface area (Å²) < 4.78 is 0.730. The predicted octanol–water partition coefficient (Wildman–Crippen LogP) is 3.64. The fourth-order valence-corrected chi connectivity index (χ4v) is 2.02. The number of anilines is 1. The molecule has 0 aliphatic carbocycles. The molecule has 0 fully saturated rings. The highest BCUT2D eigenvalue weighted by atomic mass is 79.9. The highest BCUT2D eigenvalue weighted by Crippen LogP contribution is 2.29. The lowest BCUT2D eigenvalue weighted by Gasteiger charge is -2.08. The molecule has 1 N–H and O–H groups in total. The van der Waals surface area contributed by atoms with Crippen LogP contribution in [0.3, 0.4) is 0 Å². The number of nitro groups is 1. The van der Waals surface area contributed by atoms with Crippen LogP contribution in [0, 0.1) is 10.1 Å². The van der Waals surface area contributed by atoms with Gasteiger partial charge in [-0.3, -0.25) is 10.1 Å². The number of nitro benzene ring substituents is 1. The van der Waals surface area contributed by atoms with Gasteiger partial charge in [-0.05, 0) is 28.4 Å². The number of para-hydroxylation sites is 1. The van der Waals surface area contributed by atoms with E-state index in [0.29, 0.717) is 17.2 Å². The fraction of sp³-hybridized carbons (Fsp3) is 0.231. The van der Waals surface area contributed by atoms with Crippen LogP contribution in [0.5, 0.6) is 0 Å². The monoisotopic (exact) mass is 336 g/mol. The molecule has 1 heterocycles.